The van der Waals surface area contributed by atoms with Crippen molar-refractivity contribution in [2.45, 2.75) is 192 Å². The van der Waals surface area contributed by atoms with E-state index >= 15 is 0 Å². The number of hydrogen-bond donors (Lipinski definition) is 4. The molecule has 3 saturated heterocycles. The highest BCUT2D eigenvalue weighted by molar-refractivity contribution is 5.95. The lowest BCUT2D eigenvalue weighted by molar-refractivity contribution is -0.151. The first kappa shape index (κ1) is 42.6. The van der Waals surface area contributed by atoms with Crippen molar-refractivity contribution >= 4 is 29.8 Å². The summed E-state index contributed by atoms with van der Waals surface area (Å²) in [7, 11) is 0. The second-order valence-corrected chi connectivity index (χ2v) is 16.6. The molecule has 310 valence electrons. The summed E-state index contributed by atoms with van der Waals surface area (Å²) in [6.07, 6.45) is 25.3. The summed E-state index contributed by atoms with van der Waals surface area (Å²) in [5.41, 5.74) is 18.8. The van der Waals surface area contributed by atoms with E-state index in [9.17, 15) is 9.59 Å². The van der Waals surface area contributed by atoms with Crippen LogP contribution in [0.25, 0.3) is 0 Å². The van der Waals surface area contributed by atoms with E-state index in [0.29, 0.717) is 49.8 Å². The van der Waals surface area contributed by atoms with Gasteiger partial charge in [0.15, 0.2) is 17.9 Å². The van der Waals surface area contributed by atoms with E-state index in [1.54, 1.807) is 0 Å². The van der Waals surface area contributed by atoms with E-state index in [1.807, 2.05) is 4.90 Å². The third-order valence-electron chi connectivity index (χ3n) is 12.4. The van der Waals surface area contributed by atoms with E-state index in [1.165, 1.54) is 51.4 Å². The van der Waals surface area contributed by atoms with Gasteiger partial charge in [0.25, 0.3) is 0 Å². The van der Waals surface area contributed by atoms with Gasteiger partial charge >= 0.3 is 11.9 Å². The summed E-state index contributed by atoms with van der Waals surface area (Å²) in [6.45, 7) is 6.48. The van der Waals surface area contributed by atoms with Crippen LogP contribution in [0.3, 0.4) is 0 Å². The number of aliphatic imine (C=N–C) groups is 3. The number of guanidine groups is 3. The molecule has 55 heavy (non-hydrogen) atoms. The first-order chi connectivity index (χ1) is 26.8. The maximum Gasteiger partial charge on any atom is 0.337 e. The van der Waals surface area contributed by atoms with Gasteiger partial charge in [-0.25, -0.2) is 14.8 Å². The van der Waals surface area contributed by atoms with Crippen LogP contribution in [0.1, 0.15) is 162 Å². The third kappa shape index (κ3) is 12.2. The number of nitrogens with two attached hydrogens (primary N) is 3. The smallest absolute Gasteiger partial charge is 0.337 e. The van der Waals surface area contributed by atoms with Gasteiger partial charge in [-0.3, -0.25) is 9.79 Å². The Balaban J connectivity index is 0.945. The molecule has 3 fully saturated rings. The summed E-state index contributed by atoms with van der Waals surface area (Å²) >= 11 is 0. The predicted octanol–water partition coefficient (Wildman–Crippen LogP) is 6.00. The van der Waals surface area contributed by atoms with E-state index < -0.39 is 0 Å². The second kappa shape index (κ2) is 22.3. The van der Waals surface area contributed by atoms with Crippen LogP contribution in [0.15, 0.2) is 26.2 Å². The molecule has 5 rings (SSSR count). The van der Waals surface area contributed by atoms with Gasteiger partial charge < -0.3 is 41.8 Å². The van der Waals surface area contributed by atoms with Crippen molar-refractivity contribution in [1.82, 2.24) is 15.1 Å². The minimum Gasteiger partial charge on any atom is -0.465 e. The Bertz CT molecular complexity index is 1360. The molecule has 5 aliphatic heterocycles. The lowest BCUT2D eigenvalue weighted by Crippen LogP contribution is -2.63. The van der Waals surface area contributed by atoms with Gasteiger partial charge in [0.05, 0.1) is 36.8 Å². The molecule has 0 amide bonds. The summed E-state index contributed by atoms with van der Waals surface area (Å²) < 4.78 is 11.6. The number of esters is 2. The standard InChI is InChI=1S/C42H73N9O4/c1-3-4-5-6-8-11-14-20-31-29-32-23-24-35-36(30(2)47-42(48-31)51(32)35)38(52)54-27-17-13-10-7-9-12-15-21-33-37(34-22-19-26-50(34)41(45)49-33)39(53)55-28-18-16-25-46-40(43)44/h30-33,35-36H,3-29H2,1-2H3,(H2,45,49)(H,47,48)(H4,43,44,46)/t30-,31+,32-,33?,35+,36-/m1/s1. The van der Waals surface area contributed by atoms with Gasteiger partial charge in [-0.05, 0) is 71.1 Å². The Morgan fingerprint density at radius 3 is 2.27 bits per heavy atom. The Morgan fingerprint density at radius 1 is 0.855 bits per heavy atom. The van der Waals surface area contributed by atoms with Crippen molar-refractivity contribution in [3.63, 3.8) is 0 Å². The average Bonchev–Trinajstić information content (AvgIpc) is 3.82. The second-order valence-electron chi connectivity index (χ2n) is 16.6. The molecule has 13 heteroatoms. The minimum absolute atomic E-state index is 0.0639. The van der Waals surface area contributed by atoms with Crippen molar-refractivity contribution < 1.29 is 19.1 Å². The average molecular weight is 768 g/mol. The normalized spacial score (nSPS) is 25.5. The van der Waals surface area contributed by atoms with Crippen LogP contribution in [-0.4, -0.2) is 96.1 Å². The van der Waals surface area contributed by atoms with Gasteiger partial charge in [-0.2, -0.15) is 0 Å². The molecular formula is C42H73N9O4. The SMILES string of the molecule is CCCCCCCCC[C@H]1C[C@H]2CC[C@H]3[C@H](C(=O)OCCCCCCCCCC4N=C(N)N5CCCC5=C4C(=O)OCCCCN=C(N)N)[C@@H](C)N=C(N1)N23. The fraction of sp³-hybridized carbons (Fsp3) is 0.833. The molecule has 1 unspecified atom stereocenters. The van der Waals surface area contributed by atoms with Crippen molar-refractivity contribution in [3.8, 4) is 0 Å². The van der Waals surface area contributed by atoms with Crippen LogP contribution < -0.4 is 22.5 Å². The molecule has 0 spiro atoms. The number of carbonyl (C=O) groups is 2. The molecule has 0 bridgehead atoms. The molecule has 0 aromatic carbocycles. The summed E-state index contributed by atoms with van der Waals surface area (Å²) in [5, 5.41) is 3.77. The zero-order valence-corrected chi connectivity index (χ0v) is 34.2. The third-order valence-corrected chi connectivity index (χ3v) is 12.4. The van der Waals surface area contributed by atoms with Gasteiger partial charge in [0.2, 0.25) is 0 Å². The number of ether oxygens (including phenoxy) is 2. The lowest BCUT2D eigenvalue weighted by Gasteiger charge is -2.46. The quantitative estimate of drug-likeness (QED) is 0.0372. The lowest BCUT2D eigenvalue weighted by atomic mass is 9.89. The highest BCUT2D eigenvalue weighted by Crippen LogP contribution is 2.40. The van der Waals surface area contributed by atoms with Crippen molar-refractivity contribution in [2.75, 3.05) is 26.3 Å². The zero-order valence-electron chi connectivity index (χ0n) is 34.2. The summed E-state index contributed by atoms with van der Waals surface area (Å²) in [4.78, 5) is 44.8. The molecular weight excluding hydrogens is 695 g/mol. The Kier molecular flexibility index (Phi) is 17.3. The van der Waals surface area contributed by atoms with E-state index in [0.717, 1.165) is 108 Å². The molecule has 0 aliphatic carbocycles. The number of hydrogen-bond acceptors (Lipinski definition) is 11. The monoisotopic (exact) mass is 768 g/mol. The largest absolute Gasteiger partial charge is 0.465 e. The zero-order chi connectivity index (χ0) is 39.0. The molecule has 7 N–H and O–H groups in total. The molecule has 6 atom stereocenters. The van der Waals surface area contributed by atoms with Gasteiger partial charge in [-0.1, -0.05) is 90.4 Å². The van der Waals surface area contributed by atoms with Crippen LogP contribution in [0.4, 0.5) is 0 Å². The van der Waals surface area contributed by atoms with Crippen LogP contribution in [0.5, 0.6) is 0 Å². The number of allylic oxidation sites excluding steroid dienone is 1. The molecule has 13 nitrogen and oxygen atoms in total. The number of unbranched alkanes of at least 4 members (excludes halogenated alkanes) is 13. The molecule has 0 aromatic heterocycles. The summed E-state index contributed by atoms with van der Waals surface area (Å²) in [6, 6.07) is 0.876. The van der Waals surface area contributed by atoms with Gasteiger partial charge in [0.1, 0.15) is 0 Å². The van der Waals surface area contributed by atoms with Crippen molar-refractivity contribution in [2.24, 2.45) is 38.1 Å². The molecule has 5 heterocycles. The number of nitrogens with one attached hydrogen (secondary N) is 1. The maximum absolute atomic E-state index is 13.4. The fourth-order valence-electron chi connectivity index (χ4n) is 9.47. The molecule has 0 saturated carbocycles. The number of carbonyl (C=O) groups excluding carboxylic acids is 2. The first-order valence-electron chi connectivity index (χ1n) is 22.1. The first-order valence-corrected chi connectivity index (χ1v) is 22.1. The predicted molar refractivity (Wildman–Crippen MR) is 220 cm³/mol. The van der Waals surface area contributed by atoms with Crippen molar-refractivity contribution in [3.05, 3.63) is 11.3 Å². The van der Waals surface area contributed by atoms with Crippen LogP contribution in [-0.2, 0) is 19.1 Å². The summed E-state index contributed by atoms with van der Waals surface area (Å²) in [5.74, 6) is 1.09. The minimum atomic E-state index is -0.278. The van der Waals surface area contributed by atoms with Crippen molar-refractivity contribution in [1.29, 1.82) is 0 Å². The fourth-order valence-corrected chi connectivity index (χ4v) is 9.47. The van der Waals surface area contributed by atoms with E-state index in [2.05, 4.69) is 29.1 Å². The highest BCUT2D eigenvalue weighted by Gasteiger charge is 2.51. The number of nitrogens with zero attached hydrogens (tertiary/aromatic N) is 5. The molecule has 0 aromatic rings. The van der Waals surface area contributed by atoms with E-state index in [-0.39, 0.29) is 41.9 Å². The van der Waals surface area contributed by atoms with Crippen LogP contribution >= 0.6 is 0 Å². The van der Waals surface area contributed by atoms with Crippen LogP contribution in [0.2, 0.25) is 0 Å². The number of fused-ring (bicyclic) bond motifs is 1. The Labute approximate surface area is 330 Å². The van der Waals surface area contributed by atoms with Gasteiger partial charge in [0, 0.05) is 36.9 Å². The molecule has 0 radical (unpaired) electrons. The van der Waals surface area contributed by atoms with Gasteiger partial charge in [-0.15, -0.1) is 0 Å². The Morgan fingerprint density at radius 2 is 1.53 bits per heavy atom. The topological polar surface area (TPSA) is 186 Å². The highest BCUT2D eigenvalue weighted by atomic mass is 16.5. The molecule has 5 aliphatic rings. The van der Waals surface area contributed by atoms with Crippen LogP contribution in [0, 0.1) is 5.92 Å². The van der Waals surface area contributed by atoms with E-state index in [4.69, 9.17) is 36.7 Å². The number of rotatable bonds is 25. The maximum atomic E-state index is 13.4. The Hall–Kier alpha value is -3.51.